The van der Waals surface area contributed by atoms with E-state index in [0.717, 1.165) is 31.4 Å². The first-order chi connectivity index (χ1) is 13.6. The molecule has 0 aliphatic carbocycles. The number of aliphatic imine (C=N–C) groups is 1. The van der Waals surface area contributed by atoms with Crippen LogP contribution in [0.25, 0.3) is 0 Å². The molecule has 3 aliphatic heterocycles. The number of hydrogen-bond donors (Lipinski definition) is 2. The Morgan fingerprint density at radius 2 is 1.97 bits per heavy atom. The number of piperidine rings is 1. The predicted molar refractivity (Wildman–Crippen MR) is 116 cm³/mol. The molecule has 7 nitrogen and oxygen atoms in total. The Kier molecular flexibility index (Phi) is 6.31. The smallest absolute Gasteiger partial charge is 0.410 e. The molecule has 0 spiro atoms. The largest absolute Gasteiger partial charge is 0.444 e. The van der Waals surface area contributed by atoms with Crippen molar-refractivity contribution in [2.24, 2.45) is 28.3 Å². The SMILES string of the molecule is CCCC1=CC(C2CCN(C(=O)OC(C)(C)C)CC2)=NC2SC(C(N)=O)=C(N)C12. The lowest BCUT2D eigenvalue weighted by molar-refractivity contribution is -0.113. The maximum atomic E-state index is 12.3. The van der Waals surface area contributed by atoms with Crippen molar-refractivity contribution < 1.29 is 14.3 Å². The van der Waals surface area contributed by atoms with Crippen LogP contribution in [0.2, 0.25) is 0 Å². The minimum Gasteiger partial charge on any atom is -0.444 e. The molecule has 2 unspecified atom stereocenters. The Balaban J connectivity index is 1.71. The molecule has 3 heterocycles. The standard InChI is InChI=1S/C21H32N4O3S/c1-5-6-13-11-14(24-19-15(13)16(22)17(29-19)18(23)26)12-7-9-25(10-8-12)20(27)28-21(2,3)4/h11-12,15,19H,5-10,22H2,1-4H3,(H2,23,26). The molecule has 0 aromatic carbocycles. The number of carbonyl (C=O) groups is 2. The Hall–Kier alpha value is -1.96. The van der Waals surface area contributed by atoms with Gasteiger partial charge in [-0.15, -0.1) is 0 Å². The maximum Gasteiger partial charge on any atom is 0.410 e. The summed E-state index contributed by atoms with van der Waals surface area (Å²) < 4.78 is 5.49. The number of fused-ring (bicyclic) bond motifs is 1. The summed E-state index contributed by atoms with van der Waals surface area (Å²) in [4.78, 5) is 31.2. The van der Waals surface area contributed by atoms with E-state index in [2.05, 4.69) is 13.0 Å². The third-order valence-electron chi connectivity index (χ3n) is 5.46. The highest BCUT2D eigenvalue weighted by Gasteiger charge is 2.41. The van der Waals surface area contributed by atoms with Crippen molar-refractivity contribution in [2.45, 2.75) is 64.4 Å². The maximum absolute atomic E-state index is 12.3. The molecule has 4 N–H and O–H groups in total. The first-order valence-electron chi connectivity index (χ1n) is 10.3. The van der Waals surface area contributed by atoms with Crippen molar-refractivity contribution in [3.8, 4) is 0 Å². The Bertz CT molecular complexity index is 773. The molecule has 0 aromatic heterocycles. The molecule has 3 aliphatic rings. The van der Waals surface area contributed by atoms with Crippen LogP contribution >= 0.6 is 11.8 Å². The van der Waals surface area contributed by atoms with Crippen LogP contribution < -0.4 is 11.5 Å². The van der Waals surface area contributed by atoms with Crippen molar-refractivity contribution in [3.63, 3.8) is 0 Å². The van der Waals surface area contributed by atoms with Crippen LogP contribution in [0.5, 0.6) is 0 Å². The Morgan fingerprint density at radius 3 is 2.52 bits per heavy atom. The van der Waals surface area contributed by atoms with Crippen LogP contribution in [0.15, 0.2) is 27.2 Å². The van der Waals surface area contributed by atoms with Gasteiger partial charge in [0.2, 0.25) is 0 Å². The fourth-order valence-electron chi connectivity index (χ4n) is 4.12. The first kappa shape index (κ1) is 21.7. The number of dihydropyridines is 1. The number of allylic oxidation sites excluding steroid dienone is 1. The first-order valence-corrected chi connectivity index (χ1v) is 11.2. The van der Waals surface area contributed by atoms with Crippen LogP contribution in [0, 0.1) is 11.8 Å². The summed E-state index contributed by atoms with van der Waals surface area (Å²) in [7, 11) is 0. The van der Waals surface area contributed by atoms with Crippen molar-refractivity contribution in [2.75, 3.05) is 13.1 Å². The van der Waals surface area contributed by atoms with E-state index in [1.807, 2.05) is 20.8 Å². The fraction of sp³-hybridized carbons (Fsp3) is 0.667. The number of nitrogens with zero attached hydrogens (tertiary/aromatic N) is 2. The van der Waals surface area contributed by atoms with E-state index in [0.29, 0.717) is 29.6 Å². The normalized spacial score (nSPS) is 25.4. The number of ether oxygens (including phenoxy) is 1. The van der Waals surface area contributed by atoms with Gasteiger partial charge < -0.3 is 21.1 Å². The van der Waals surface area contributed by atoms with Crippen molar-refractivity contribution in [1.82, 2.24) is 4.90 Å². The van der Waals surface area contributed by atoms with Crippen LogP contribution in [0.4, 0.5) is 4.79 Å². The molecule has 2 atom stereocenters. The van der Waals surface area contributed by atoms with Gasteiger partial charge in [0, 0.05) is 30.4 Å². The second-order valence-electron chi connectivity index (χ2n) is 8.90. The van der Waals surface area contributed by atoms with Gasteiger partial charge >= 0.3 is 6.09 Å². The van der Waals surface area contributed by atoms with E-state index >= 15 is 0 Å². The van der Waals surface area contributed by atoms with Gasteiger partial charge in [-0.2, -0.15) is 0 Å². The zero-order valence-corrected chi connectivity index (χ0v) is 18.6. The van der Waals surface area contributed by atoms with Gasteiger partial charge in [-0.05, 0) is 46.1 Å². The summed E-state index contributed by atoms with van der Waals surface area (Å²) in [6, 6.07) is 0. The molecule has 0 radical (unpaired) electrons. The van der Waals surface area contributed by atoms with E-state index in [1.165, 1.54) is 17.3 Å². The van der Waals surface area contributed by atoms with Gasteiger partial charge in [0.15, 0.2) is 0 Å². The number of nitrogens with two attached hydrogens (primary N) is 2. The summed E-state index contributed by atoms with van der Waals surface area (Å²) >= 11 is 1.39. The number of amides is 2. The summed E-state index contributed by atoms with van der Waals surface area (Å²) in [5, 5.41) is -0.108. The molecule has 0 aromatic rings. The van der Waals surface area contributed by atoms with Crippen LogP contribution in [-0.2, 0) is 9.53 Å². The third-order valence-corrected chi connectivity index (χ3v) is 6.75. The number of likely N-dealkylation sites (tertiary alicyclic amines) is 1. The number of primary amides is 1. The highest BCUT2D eigenvalue weighted by Crippen LogP contribution is 2.47. The third kappa shape index (κ3) is 4.79. The molecule has 1 saturated heterocycles. The van der Waals surface area contributed by atoms with Crippen LogP contribution in [0.3, 0.4) is 0 Å². The fourth-order valence-corrected chi connectivity index (χ4v) is 5.38. The minimum atomic E-state index is -0.487. The average Bonchev–Trinajstić information content (AvgIpc) is 2.98. The summed E-state index contributed by atoms with van der Waals surface area (Å²) in [6.07, 6.45) is 5.55. The van der Waals surface area contributed by atoms with Crippen LogP contribution in [-0.4, -0.2) is 46.7 Å². The van der Waals surface area contributed by atoms with E-state index in [4.69, 9.17) is 21.2 Å². The van der Waals surface area contributed by atoms with E-state index in [-0.39, 0.29) is 17.4 Å². The van der Waals surface area contributed by atoms with Gasteiger partial charge in [-0.3, -0.25) is 9.79 Å². The van der Waals surface area contributed by atoms with Gasteiger partial charge in [-0.1, -0.05) is 30.7 Å². The van der Waals surface area contributed by atoms with Gasteiger partial charge in [-0.25, -0.2) is 4.79 Å². The molecule has 0 saturated carbocycles. The van der Waals surface area contributed by atoms with Gasteiger partial charge in [0.05, 0.1) is 10.8 Å². The molecule has 160 valence electrons. The lowest BCUT2D eigenvalue weighted by Gasteiger charge is -2.35. The number of carbonyl (C=O) groups excluding carboxylic acids is 2. The Labute approximate surface area is 177 Å². The second-order valence-corrected chi connectivity index (χ2v) is 10.0. The topological polar surface area (TPSA) is 111 Å². The number of thioether (sulfide) groups is 1. The van der Waals surface area contributed by atoms with Crippen molar-refractivity contribution in [1.29, 1.82) is 0 Å². The summed E-state index contributed by atoms with van der Waals surface area (Å²) in [5.41, 5.74) is 14.2. The van der Waals surface area contributed by atoms with Crippen LogP contribution in [0.1, 0.15) is 53.4 Å². The van der Waals surface area contributed by atoms with Gasteiger partial charge in [0.1, 0.15) is 11.0 Å². The second kappa shape index (κ2) is 8.42. The lowest BCUT2D eigenvalue weighted by atomic mass is 9.84. The molecule has 8 heteroatoms. The lowest BCUT2D eigenvalue weighted by Crippen LogP contribution is -2.43. The Morgan fingerprint density at radius 1 is 1.31 bits per heavy atom. The monoisotopic (exact) mass is 420 g/mol. The summed E-state index contributed by atoms with van der Waals surface area (Å²) in [6.45, 7) is 9.09. The zero-order chi connectivity index (χ0) is 21.3. The molecule has 3 rings (SSSR count). The zero-order valence-electron chi connectivity index (χ0n) is 17.7. The minimum absolute atomic E-state index is 0.0342. The van der Waals surface area contributed by atoms with E-state index in [9.17, 15) is 9.59 Å². The quantitative estimate of drug-likeness (QED) is 0.726. The molecular formula is C21H32N4O3S. The highest BCUT2D eigenvalue weighted by atomic mass is 32.2. The highest BCUT2D eigenvalue weighted by molar-refractivity contribution is 8.04. The molecule has 2 amide bonds. The number of hydrogen-bond acceptors (Lipinski definition) is 6. The van der Waals surface area contributed by atoms with Crippen molar-refractivity contribution in [3.05, 3.63) is 22.3 Å². The summed E-state index contributed by atoms with van der Waals surface area (Å²) in [5.74, 6) is -0.214. The van der Waals surface area contributed by atoms with Crippen molar-refractivity contribution >= 4 is 29.5 Å². The van der Waals surface area contributed by atoms with E-state index < -0.39 is 11.5 Å². The molecular weight excluding hydrogens is 388 g/mol. The predicted octanol–water partition coefficient (Wildman–Crippen LogP) is 3.16. The average molecular weight is 421 g/mol. The molecule has 29 heavy (non-hydrogen) atoms. The molecule has 0 bridgehead atoms. The molecule has 1 fully saturated rings. The number of rotatable bonds is 4. The van der Waals surface area contributed by atoms with Gasteiger partial charge in [0.25, 0.3) is 5.91 Å². The van der Waals surface area contributed by atoms with E-state index in [1.54, 1.807) is 4.90 Å².